The molecule has 13 heteroatoms. The minimum absolute atomic E-state index is 0.0612. The number of hydrogen-bond donors (Lipinski definition) is 2. The van der Waals surface area contributed by atoms with Crippen LogP contribution in [-0.4, -0.2) is 40.6 Å². The number of hydrogen-bond acceptors (Lipinski definition) is 6. The zero-order valence-corrected chi connectivity index (χ0v) is 20.9. The summed E-state index contributed by atoms with van der Waals surface area (Å²) in [6.45, 7) is 1.35. The van der Waals surface area contributed by atoms with Gasteiger partial charge in [-0.2, -0.15) is 0 Å². The Balaban J connectivity index is 1.36. The van der Waals surface area contributed by atoms with Crippen molar-refractivity contribution >= 4 is 52.0 Å². The van der Waals surface area contributed by atoms with Crippen molar-refractivity contribution in [3.8, 4) is 17.2 Å². The molecule has 1 fully saturated rings. The number of nitrogens with one attached hydrogen (secondary N) is 2. The summed E-state index contributed by atoms with van der Waals surface area (Å²) in [5.74, 6) is 0.489. The number of piperidine rings is 1. The van der Waals surface area contributed by atoms with Crippen molar-refractivity contribution < 1.29 is 22.6 Å². The van der Waals surface area contributed by atoms with Crippen LogP contribution in [0.1, 0.15) is 12.8 Å². The van der Waals surface area contributed by atoms with Crippen LogP contribution in [0.25, 0.3) is 0 Å². The molecule has 0 atom stereocenters. The molecule has 0 amide bonds. The molecule has 7 nitrogen and oxygen atoms in total. The van der Waals surface area contributed by atoms with E-state index >= 15 is 0 Å². The molecule has 4 rings (SSSR count). The van der Waals surface area contributed by atoms with Crippen LogP contribution >= 0.6 is 35.4 Å². The molecule has 2 N–H and O–H groups in total. The van der Waals surface area contributed by atoms with E-state index in [-0.39, 0.29) is 27.6 Å². The topological polar surface area (TPSA) is 71.5 Å². The average molecular weight is 558 g/mol. The molecule has 3 aromatic rings. The first kappa shape index (κ1) is 26.1. The quantitative estimate of drug-likeness (QED) is 0.336. The number of anilines is 2. The highest BCUT2D eigenvalue weighted by molar-refractivity contribution is 7.80. The summed E-state index contributed by atoms with van der Waals surface area (Å²) < 4.78 is 46.9. The molecule has 0 spiro atoms. The molecular weight excluding hydrogens is 538 g/mol. The Morgan fingerprint density at radius 2 is 1.86 bits per heavy atom. The van der Waals surface area contributed by atoms with E-state index in [1.165, 1.54) is 6.07 Å². The van der Waals surface area contributed by atoms with E-state index in [0.29, 0.717) is 24.0 Å². The molecular formula is C23H20Cl2F3N5O2S. The lowest BCUT2D eigenvalue weighted by atomic mass is 10.1. The second kappa shape index (κ2) is 11.4. The van der Waals surface area contributed by atoms with Crippen molar-refractivity contribution in [2.24, 2.45) is 0 Å². The van der Waals surface area contributed by atoms with Gasteiger partial charge < -0.3 is 25.0 Å². The molecule has 2 aromatic heterocycles. The van der Waals surface area contributed by atoms with Crippen LogP contribution in [0.15, 0.2) is 55.0 Å². The average Bonchev–Trinajstić information content (AvgIpc) is 2.82. The molecule has 190 valence electrons. The first-order chi connectivity index (χ1) is 17.2. The molecule has 1 aliphatic rings. The van der Waals surface area contributed by atoms with Gasteiger partial charge in [0.05, 0.1) is 16.9 Å². The van der Waals surface area contributed by atoms with Crippen LogP contribution in [0.2, 0.25) is 10.0 Å². The minimum atomic E-state index is -4.82. The summed E-state index contributed by atoms with van der Waals surface area (Å²) in [6, 6.07) is 8.83. The number of halogens is 5. The molecule has 0 unspecified atom stereocenters. The van der Waals surface area contributed by atoms with Gasteiger partial charge in [-0.05, 0) is 49.3 Å². The third kappa shape index (κ3) is 7.02. The lowest BCUT2D eigenvalue weighted by molar-refractivity contribution is -0.274. The van der Waals surface area contributed by atoms with Crippen molar-refractivity contribution in [3.05, 3.63) is 65.0 Å². The van der Waals surface area contributed by atoms with Crippen molar-refractivity contribution in [1.82, 2.24) is 15.3 Å². The van der Waals surface area contributed by atoms with Gasteiger partial charge in [-0.25, -0.2) is 4.98 Å². The number of thiocarbonyl (C=S) groups is 1. The van der Waals surface area contributed by atoms with Crippen molar-refractivity contribution in [2.45, 2.75) is 25.2 Å². The van der Waals surface area contributed by atoms with Crippen LogP contribution in [0.5, 0.6) is 17.2 Å². The zero-order valence-electron chi connectivity index (χ0n) is 18.6. The molecule has 3 heterocycles. The summed E-state index contributed by atoms with van der Waals surface area (Å²) >= 11 is 18.1. The minimum Gasteiger partial charge on any atom is -0.454 e. The van der Waals surface area contributed by atoms with Gasteiger partial charge in [-0.3, -0.25) is 4.98 Å². The molecule has 1 aromatic carbocycles. The molecule has 1 aliphatic heterocycles. The highest BCUT2D eigenvalue weighted by atomic mass is 35.5. The number of alkyl halides is 3. The Labute approximate surface area is 220 Å². The molecule has 0 radical (unpaired) electrons. The molecule has 36 heavy (non-hydrogen) atoms. The maximum absolute atomic E-state index is 12.4. The monoisotopic (exact) mass is 557 g/mol. The van der Waals surface area contributed by atoms with Gasteiger partial charge in [0.25, 0.3) is 0 Å². The van der Waals surface area contributed by atoms with E-state index in [2.05, 4.69) is 25.3 Å². The predicted molar refractivity (Wildman–Crippen MR) is 136 cm³/mol. The number of rotatable bonds is 6. The Kier molecular flexibility index (Phi) is 8.22. The van der Waals surface area contributed by atoms with E-state index in [1.54, 1.807) is 24.7 Å². The first-order valence-electron chi connectivity index (χ1n) is 10.8. The third-order valence-electron chi connectivity index (χ3n) is 5.24. The Hall–Kier alpha value is -3.02. The van der Waals surface area contributed by atoms with Crippen molar-refractivity contribution in [3.63, 3.8) is 0 Å². The second-order valence-electron chi connectivity index (χ2n) is 7.79. The van der Waals surface area contributed by atoms with Gasteiger partial charge in [0.2, 0.25) is 0 Å². The highest BCUT2D eigenvalue weighted by Crippen LogP contribution is 2.39. The fourth-order valence-corrected chi connectivity index (χ4v) is 4.38. The largest absolute Gasteiger partial charge is 0.573 e. The molecule has 0 bridgehead atoms. The van der Waals surface area contributed by atoms with Gasteiger partial charge in [0.1, 0.15) is 16.5 Å². The van der Waals surface area contributed by atoms with Crippen molar-refractivity contribution in [2.75, 3.05) is 23.3 Å². The van der Waals surface area contributed by atoms with Gasteiger partial charge in [0, 0.05) is 43.7 Å². The first-order valence-corrected chi connectivity index (χ1v) is 11.9. The predicted octanol–water partition coefficient (Wildman–Crippen LogP) is 6.43. The van der Waals surface area contributed by atoms with Crippen LogP contribution in [0.4, 0.5) is 24.7 Å². The molecule has 0 aliphatic carbocycles. The standard InChI is InChI=1S/C23H20Cl2F3N5O2S/c24-17-12-16(35-23(26,27)28)3-4-18(17)34-19-5-9-30-21(20(19)25)33-10-6-14(7-11-33)31-22(36)32-15-2-1-8-29-13-15/h1-5,8-9,12-14H,6-7,10-11H2,(H2,31,32,36). The second-order valence-corrected chi connectivity index (χ2v) is 8.98. The number of pyridine rings is 2. The zero-order chi connectivity index (χ0) is 25.7. The molecule has 1 saturated heterocycles. The number of nitrogens with zero attached hydrogens (tertiary/aromatic N) is 3. The number of ether oxygens (including phenoxy) is 2. The normalized spacial score (nSPS) is 14.3. The third-order valence-corrected chi connectivity index (χ3v) is 6.11. The number of aromatic nitrogens is 2. The Bertz CT molecular complexity index is 1210. The summed E-state index contributed by atoms with van der Waals surface area (Å²) in [6.07, 6.45) is 1.70. The fourth-order valence-electron chi connectivity index (χ4n) is 3.62. The number of benzene rings is 1. The van der Waals surface area contributed by atoms with Crippen LogP contribution in [0, 0.1) is 0 Å². The van der Waals surface area contributed by atoms with E-state index in [0.717, 1.165) is 30.7 Å². The van der Waals surface area contributed by atoms with E-state index < -0.39 is 12.1 Å². The maximum atomic E-state index is 12.4. The SMILES string of the molecule is FC(F)(F)Oc1ccc(Oc2ccnc(N3CCC(NC(=S)Nc4cccnc4)CC3)c2Cl)c(Cl)c1. The maximum Gasteiger partial charge on any atom is 0.573 e. The van der Waals surface area contributed by atoms with Gasteiger partial charge >= 0.3 is 6.36 Å². The van der Waals surface area contributed by atoms with E-state index in [1.807, 2.05) is 17.0 Å². The smallest absolute Gasteiger partial charge is 0.454 e. The van der Waals surface area contributed by atoms with E-state index in [9.17, 15) is 13.2 Å². The summed E-state index contributed by atoms with van der Waals surface area (Å²) in [5, 5.41) is 7.16. The van der Waals surface area contributed by atoms with Crippen LogP contribution < -0.4 is 25.0 Å². The Morgan fingerprint density at radius 3 is 2.53 bits per heavy atom. The Morgan fingerprint density at radius 1 is 1.08 bits per heavy atom. The van der Waals surface area contributed by atoms with Crippen molar-refractivity contribution in [1.29, 1.82) is 0 Å². The summed E-state index contributed by atoms with van der Waals surface area (Å²) in [4.78, 5) is 10.5. The fraction of sp³-hybridized carbons (Fsp3) is 0.261. The lowest BCUT2D eigenvalue weighted by Gasteiger charge is -2.34. The summed E-state index contributed by atoms with van der Waals surface area (Å²) in [5.41, 5.74) is 0.808. The van der Waals surface area contributed by atoms with Gasteiger partial charge in [0.15, 0.2) is 16.7 Å². The van der Waals surface area contributed by atoms with Gasteiger partial charge in [-0.15, -0.1) is 13.2 Å². The molecule has 0 saturated carbocycles. The van der Waals surface area contributed by atoms with Gasteiger partial charge in [-0.1, -0.05) is 23.2 Å². The van der Waals surface area contributed by atoms with E-state index in [4.69, 9.17) is 40.2 Å². The highest BCUT2D eigenvalue weighted by Gasteiger charge is 2.31. The summed E-state index contributed by atoms with van der Waals surface area (Å²) in [7, 11) is 0. The van der Waals surface area contributed by atoms with Crippen LogP contribution in [0.3, 0.4) is 0 Å². The lowest BCUT2D eigenvalue weighted by Crippen LogP contribution is -2.46. The van der Waals surface area contributed by atoms with Crippen LogP contribution in [-0.2, 0) is 0 Å².